The summed E-state index contributed by atoms with van der Waals surface area (Å²) in [5, 5.41) is 0. The lowest BCUT2D eigenvalue weighted by atomic mass is 10.1. The van der Waals surface area contributed by atoms with Crippen LogP contribution in [0.15, 0.2) is 52.3 Å². The molecule has 24 heavy (non-hydrogen) atoms. The van der Waals surface area contributed by atoms with Gasteiger partial charge in [0.25, 0.3) is 20.2 Å². The van der Waals surface area contributed by atoms with Gasteiger partial charge >= 0.3 is 5.97 Å². The first-order valence-electron chi connectivity index (χ1n) is 6.37. The van der Waals surface area contributed by atoms with Crippen molar-refractivity contribution in [1.29, 1.82) is 0 Å². The third kappa shape index (κ3) is 3.97. The van der Waals surface area contributed by atoms with Crippen LogP contribution in [0, 0.1) is 6.92 Å². The SMILES string of the molecule is Cc1ccc(C(=O)Oc2cccc(S(=O)(=O)O)c2S(=O)(=O)O)cc1. The second kappa shape index (κ2) is 6.32. The molecule has 0 bridgehead atoms. The molecule has 0 amide bonds. The molecule has 2 aromatic rings. The zero-order valence-electron chi connectivity index (χ0n) is 12.2. The summed E-state index contributed by atoms with van der Waals surface area (Å²) in [5.74, 6) is -1.69. The molecule has 0 fully saturated rings. The molecule has 0 aliphatic heterocycles. The minimum absolute atomic E-state index is 0.0825. The van der Waals surface area contributed by atoms with Crippen LogP contribution in [0.2, 0.25) is 0 Å². The molecule has 0 aliphatic rings. The minimum atomic E-state index is -5.10. The molecule has 0 saturated heterocycles. The third-order valence-electron chi connectivity index (χ3n) is 2.97. The number of hydrogen-bond donors (Lipinski definition) is 2. The van der Waals surface area contributed by atoms with Crippen molar-refractivity contribution >= 4 is 26.2 Å². The van der Waals surface area contributed by atoms with Gasteiger partial charge in [-0.25, -0.2) is 4.79 Å². The first-order valence-corrected chi connectivity index (χ1v) is 9.25. The molecule has 2 rings (SSSR count). The van der Waals surface area contributed by atoms with Crippen molar-refractivity contribution in [3.05, 3.63) is 53.6 Å². The highest BCUT2D eigenvalue weighted by Gasteiger charge is 2.29. The third-order valence-corrected chi connectivity index (χ3v) is 4.93. The van der Waals surface area contributed by atoms with E-state index in [1.54, 1.807) is 19.1 Å². The van der Waals surface area contributed by atoms with Gasteiger partial charge in [0.2, 0.25) is 0 Å². The Morgan fingerprint density at radius 1 is 0.917 bits per heavy atom. The van der Waals surface area contributed by atoms with Crippen LogP contribution in [0.4, 0.5) is 0 Å². The topological polar surface area (TPSA) is 135 Å². The molecular formula is C14H12O8S2. The number of carbonyl (C=O) groups is 1. The Morgan fingerprint density at radius 3 is 2.00 bits per heavy atom. The van der Waals surface area contributed by atoms with E-state index in [4.69, 9.17) is 9.29 Å². The highest BCUT2D eigenvalue weighted by molar-refractivity contribution is 7.89. The monoisotopic (exact) mass is 372 g/mol. The Morgan fingerprint density at radius 2 is 1.50 bits per heavy atom. The smallest absolute Gasteiger partial charge is 0.343 e. The maximum atomic E-state index is 12.1. The van der Waals surface area contributed by atoms with E-state index in [9.17, 15) is 26.2 Å². The van der Waals surface area contributed by atoms with Crippen molar-refractivity contribution in [2.45, 2.75) is 16.7 Å². The largest absolute Gasteiger partial charge is 0.421 e. The second-order valence-electron chi connectivity index (χ2n) is 4.79. The predicted molar refractivity (Wildman–Crippen MR) is 82.2 cm³/mol. The summed E-state index contributed by atoms with van der Waals surface area (Å²) < 4.78 is 68.7. The van der Waals surface area contributed by atoms with Crippen molar-refractivity contribution < 1.29 is 35.5 Å². The summed E-state index contributed by atoms with van der Waals surface area (Å²) in [4.78, 5) is 9.74. The molecule has 128 valence electrons. The van der Waals surface area contributed by atoms with E-state index in [1.165, 1.54) is 12.1 Å². The lowest BCUT2D eigenvalue weighted by molar-refractivity contribution is 0.0729. The van der Waals surface area contributed by atoms with E-state index in [0.717, 1.165) is 23.8 Å². The standard InChI is InChI=1S/C14H12O8S2/c1-9-5-7-10(8-6-9)14(15)22-11-3-2-4-12(23(16,17)18)13(11)24(19,20)21/h2-8H,1H3,(H,16,17,18)(H,19,20,21). The number of aryl methyl sites for hydroxylation is 1. The van der Waals surface area contributed by atoms with Crippen LogP contribution in [0.1, 0.15) is 15.9 Å². The summed E-state index contributed by atoms with van der Waals surface area (Å²) in [6.07, 6.45) is 0. The molecule has 2 aromatic carbocycles. The van der Waals surface area contributed by atoms with Gasteiger partial charge in [-0.3, -0.25) is 9.11 Å². The van der Waals surface area contributed by atoms with Crippen LogP contribution >= 0.6 is 0 Å². The highest BCUT2D eigenvalue weighted by atomic mass is 32.2. The average Bonchev–Trinajstić information content (AvgIpc) is 2.45. The lowest BCUT2D eigenvalue weighted by Gasteiger charge is -2.11. The van der Waals surface area contributed by atoms with Gasteiger partial charge in [0, 0.05) is 0 Å². The molecular weight excluding hydrogens is 360 g/mol. The van der Waals surface area contributed by atoms with Crippen LogP contribution < -0.4 is 4.74 Å². The summed E-state index contributed by atoms with van der Waals surface area (Å²) >= 11 is 0. The molecule has 0 saturated carbocycles. The first kappa shape index (κ1) is 18.1. The number of esters is 1. The predicted octanol–water partition coefficient (Wildman–Crippen LogP) is 1.71. The molecule has 8 nitrogen and oxygen atoms in total. The molecule has 0 aromatic heterocycles. The highest BCUT2D eigenvalue weighted by Crippen LogP contribution is 2.31. The number of hydrogen-bond acceptors (Lipinski definition) is 6. The maximum absolute atomic E-state index is 12.1. The van der Waals surface area contributed by atoms with Crippen molar-refractivity contribution in [3.63, 3.8) is 0 Å². The fourth-order valence-electron chi connectivity index (χ4n) is 1.88. The molecule has 0 atom stereocenters. The van der Waals surface area contributed by atoms with Crippen molar-refractivity contribution in [1.82, 2.24) is 0 Å². The van der Waals surface area contributed by atoms with E-state index >= 15 is 0 Å². The lowest BCUT2D eigenvalue weighted by Crippen LogP contribution is -2.14. The Hall–Kier alpha value is -2.27. The van der Waals surface area contributed by atoms with E-state index in [1.807, 2.05) is 0 Å². The maximum Gasteiger partial charge on any atom is 0.343 e. The van der Waals surface area contributed by atoms with Crippen molar-refractivity contribution in [2.24, 2.45) is 0 Å². The van der Waals surface area contributed by atoms with Crippen LogP contribution in [0.25, 0.3) is 0 Å². The van der Waals surface area contributed by atoms with E-state index in [-0.39, 0.29) is 5.56 Å². The summed E-state index contributed by atoms with van der Waals surface area (Å²) in [5.41, 5.74) is 0.956. The normalized spacial score (nSPS) is 12.0. The Balaban J connectivity index is 2.55. The Kier molecular flexibility index (Phi) is 4.76. The summed E-state index contributed by atoms with van der Waals surface area (Å²) in [6.45, 7) is 1.79. The van der Waals surface area contributed by atoms with E-state index < -0.39 is 41.7 Å². The zero-order chi connectivity index (χ0) is 18.1. The van der Waals surface area contributed by atoms with E-state index in [2.05, 4.69) is 0 Å². The van der Waals surface area contributed by atoms with Gasteiger partial charge in [0.05, 0.1) is 5.56 Å². The minimum Gasteiger partial charge on any atom is -0.421 e. The molecule has 0 aliphatic carbocycles. The van der Waals surface area contributed by atoms with Gasteiger partial charge < -0.3 is 4.74 Å². The van der Waals surface area contributed by atoms with Crippen LogP contribution in [-0.2, 0) is 20.2 Å². The second-order valence-corrected chi connectivity index (χ2v) is 7.54. The van der Waals surface area contributed by atoms with Gasteiger partial charge in [-0.15, -0.1) is 0 Å². The molecule has 0 unspecified atom stereocenters. The van der Waals surface area contributed by atoms with Crippen LogP contribution in [0.5, 0.6) is 5.75 Å². The Labute approximate surface area is 138 Å². The van der Waals surface area contributed by atoms with Gasteiger partial charge in [0.15, 0.2) is 10.6 Å². The number of rotatable bonds is 4. The number of ether oxygens (including phenoxy) is 1. The zero-order valence-corrected chi connectivity index (χ0v) is 13.8. The van der Waals surface area contributed by atoms with Crippen molar-refractivity contribution in [3.8, 4) is 5.75 Å². The molecule has 10 heteroatoms. The van der Waals surface area contributed by atoms with Gasteiger partial charge in [-0.1, -0.05) is 23.8 Å². The Bertz CT molecular complexity index is 990. The molecule has 2 N–H and O–H groups in total. The molecule has 0 radical (unpaired) electrons. The fourth-order valence-corrected chi connectivity index (χ4v) is 3.79. The quantitative estimate of drug-likeness (QED) is 0.470. The average molecular weight is 372 g/mol. The summed E-state index contributed by atoms with van der Waals surface area (Å²) in [6, 6.07) is 8.87. The van der Waals surface area contributed by atoms with Gasteiger partial charge in [-0.05, 0) is 31.2 Å². The molecule has 0 heterocycles. The first-order chi connectivity index (χ1) is 11.0. The molecule has 0 spiro atoms. The van der Waals surface area contributed by atoms with Gasteiger partial charge in [0.1, 0.15) is 4.90 Å². The van der Waals surface area contributed by atoms with E-state index in [0.29, 0.717) is 0 Å². The number of benzene rings is 2. The summed E-state index contributed by atoms with van der Waals surface area (Å²) in [7, 11) is -10.1. The van der Waals surface area contributed by atoms with Crippen LogP contribution in [0.3, 0.4) is 0 Å². The fraction of sp³-hybridized carbons (Fsp3) is 0.0714. The van der Waals surface area contributed by atoms with Crippen LogP contribution in [-0.4, -0.2) is 31.9 Å². The van der Waals surface area contributed by atoms with Gasteiger partial charge in [-0.2, -0.15) is 16.8 Å². The van der Waals surface area contributed by atoms with Crippen molar-refractivity contribution in [2.75, 3.05) is 0 Å². The number of carbonyl (C=O) groups excluding carboxylic acids is 1.